The van der Waals surface area contributed by atoms with Gasteiger partial charge in [-0.2, -0.15) is 0 Å². The lowest BCUT2D eigenvalue weighted by atomic mass is 10.2. The summed E-state index contributed by atoms with van der Waals surface area (Å²) in [5.41, 5.74) is 0. The summed E-state index contributed by atoms with van der Waals surface area (Å²) < 4.78 is 4.61. The van der Waals surface area contributed by atoms with Crippen LogP contribution in [0.25, 0.3) is 0 Å². The molecule has 0 aliphatic carbocycles. The standard InChI is InChI=1S/C13H22O3Si/c1-5-16-13(15)12(14)10-8-6-7-9-11-17(2,3)4/h5-6,8,10-11H2,1-4H3. The van der Waals surface area contributed by atoms with Crippen molar-refractivity contribution in [3.8, 4) is 11.8 Å². The molecule has 17 heavy (non-hydrogen) atoms. The van der Waals surface area contributed by atoms with Crippen LogP contribution in [0.2, 0.25) is 25.7 Å². The van der Waals surface area contributed by atoms with Crippen molar-refractivity contribution in [1.82, 2.24) is 0 Å². The Morgan fingerprint density at radius 1 is 1.18 bits per heavy atom. The van der Waals surface area contributed by atoms with Crippen molar-refractivity contribution < 1.29 is 14.3 Å². The van der Waals surface area contributed by atoms with Crippen molar-refractivity contribution in [2.45, 2.75) is 51.9 Å². The van der Waals surface area contributed by atoms with E-state index in [0.29, 0.717) is 12.8 Å². The van der Waals surface area contributed by atoms with Crippen LogP contribution < -0.4 is 0 Å². The molecule has 0 radical (unpaired) electrons. The fourth-order valence-electron chi connectivity index (χ4n) is 1.07. The Bertz CT molecular complexity index is 318. The molecule has 0 amide bonds. The van der Waals surface area contributed by atoms with E-state index in [0.717, 1.165) is 6.04 Å². The summed E-state index contributed by atoms with van der Waals surface area (Å²) in [6, 6.07) is 0.985. The first-order valence-corrected chi connectivity index (χ1v) is 9.73. The molecule has 0 bridgehead atoms. The number of carbonyl (C=O) groups is 2. The molecule has 0 spiro atoms. The van der Waals surface area contributed by atoms with E-state index in [-0.39, 0.29) is 13.0 Å². The quantitative estimate of drug-likeness (QED) is 0.241. The van der Waals surface area contributed by atoms with Crippen molar-refractivity contribution in [2.24, 2.45) is 0 Å². The van der Waals surface area contributed by atoms with E-state index in [1.807, 2.05) is 0 Å². The molecule has 0 saturated carbocycles. The topological polar surface area (TPSA) is 43.4 Å². The average Bonchev–Trinajstić information content (AvgIpc) is 2.21. The molecule has 0 atom stereocenters. The van der Waals surface area contributed by atoms with Crippen LogP contribution in [-0.2, 0) is 14.3 Å². The minimum absolute atomic E-state index is 0.237. The summed E-state index contributed by atoms with van der Waals surface area (Å²) in [4.78, 5) is 22.2. The Morgan fingerprint density at radius 3 is 2.35 bits per heavy atom. The molecule has 0 N–H and O–H groups in total. The molecule has 0 fully saturated rings. The van der Waals surface area contributed by atoms with Gasteiger partial charge >= 0.3 is 5.97 Å². The lowest BCUT2D eigenvalue weighted by molar-refractivity contribution is -0.153. The Balaban J connectivity index is 3.71. The van der Waals surface area contributed by atoms with Gasteiger partial charge in [0.05, 0.1) is 14.7 Å². The first-order valence-electron chi connectivity index (χ1n) is 6.02. The number of carbonyl (C=O) groups excluding carboxylic acids is 2. The zero-order chi connectivity index (χ0) is 13.3. The van der Waals surface area contributed by atoms with Gasteiger partial charge in [-0.3, -0.25) is 4.79 Å². The maximum absolute atomic E-state index is 11.2. The minimum atomic E-state index is -1.08. The van der Waals surface area contributed by atoms with E-state index in [1.165, 1.54) is 0 Å². The molecule has 0 aromatic rings. The van der Waals surface area contributed by atoms with Crippen LogP contribution in [-0.4, -0.2) is 26.4 Å². The summed E-state index contributed by atoms with van der Waals surface area (Å²) in [5.74, 6) is 5.02. The van der Waals surface area contributed by atoms with E-state index < -0.39 is 19.8 Å². The maximum atomic E-state index is 11.2. The molecule has 0 rings (SSSR count). The molecule has 0 saturated heterocycles. The molecule has 0 aliphatic heterocycles. The zero-order valence-corrected chi connectivity index (χ0v) is 12.3. The SMILES string of the molecule is CCOC(=O)C(=O)CCCC#CC[Si](C)(C)C. The van der Waals surface area contributed by atoms with Crippen LogP contribution in [0.3, 0.4) is 0 Å². The summed E-state index contributed by atoms with van der Waals surface area (Å²) in [6.45, 7) is 8.75. The Labute approximate surface area is 105 Å². The summed E-state index contributed by atoms with van der Waals surface area (Å²) in [7, 11) is -1.08. The number of ether oxygens (including phenoxy) is 1. The average molecular weight is 254 g/mol. The molecule has 4 heteroatoms. The van der Waals surface area contributed by atoms with Crippen LogP contribution in [0.4, 0.5) is 0 Å². The molecular formula is C13H22O3Si. The summed E-state index contributed by atoms with van der Waals surface area (Å²) in [6.07, 6.45) is 1.55. The largest absolute Gasteiger partial charge is 0.460 e. The molecule has 0 heterocycles. The van der Waals surface area contributed by atoms with Crippen LogP contribution >= 0.6 is 0 Å². The first-order chi connectivity index (χ1) is 7.87. The molecule has 96 valence electrons. The van der Waals surface area contributed by atoms with Gasteiger partial charge in [0, 0.05) is 18.9 Å². The van der Waals surface area contributed by atoms with Gasteiger partial charge in [-0.15, -0.1) is 11.8 Å². The van der Waals surface area contributed by atoms with Crippen molar-refractivity contribution in [3.63, 3.8) is 0 Å². The Hall–Kier alpha value is -1.08. The lowest BCUT2D eigenvalue weighted by Gasteiger charge is -2.09. The molecular weight excluding hydrogens is 232 g/mol. The van der Waals surface area contributed by atoms with Crippen LogP contribution in [0, 0.1) is 11.8 Å². The molecule has 3 nitrogen and oxygen atoms in total. The highest BCUT2D eigenvalue weighted by atomic mass is 28.3. The second kappa shape index (κ2) is 8.07. The first kappa shape index (κ1) is 15.9. The molecule has 0 aromatic heterocycles. The fourth-order valence-corrected chi connectivity index (χ4v) is 1.72. The van der Waals surface area contributed by atoms with Crippen LogP contribution in [0.5, 0.6) is 0 Å². The van der Waals surface area contributed by atoms with Gasteiger partial charge in [-0.05, 0) is 13.3 Å². The second-order valence-electron chi connectivity index (χ2n) is 5.09. The van der Waals surface area contributed by atoms with Crippen molar-refractivity contribution in [3.05, 3.63) is 0 Å². The zero-order valence-electron chi connectivity index (χ0n) is 11.3. The second-order valence-corrected chi connectivity index (χ2v) is 10.6. The van der Waals surface area contributed by atoms with E-state index in [1.54, 1.807) is 6.92 Å². The highest BCUT2D eigenvalue weighted by Gasteiger charge is 2.13. The Kier molecular flexibility index (Phi) is 7.56. The van der Waals surface area contributed by atoms with E-state index in [4.69, 9.17) is 0 Å². The number of hydrogen-bond donors (Lipinski definition) is 0. The third kappa shape index (κ3) is 9.82. The van der Waals surface area contributed by atoms with E-state index in [2.05, 4.69) is 36.2 Å². The number of Topliss-reactive ketones (excluding diaryl/α,β-unsaturated/α-hetero) is 1. The molecule has 0 aromatic carbocycles. The van der Waals surface area contributed by atoms with Gasteiger partial charge in [0.15, 0.2) is 0 Å². The van der Waals surface area contributed by atoms with E-state index in [9.17, 15) is 9.59 Å². The van der Waals surface area contributed by atoms with Gasteiger partial charge < -0.3 is 4.74 Å². The number of ketones is 1. The van der Waals surface area contributed by atoms with Gasteiger partial charge in [0.25, 0.3) is 0 Å². The third-order valence-electron chi connectivity index (χ3n) is 1.95. The van der Waals surface area contributed by atoms with Crippen molar-refractivity contribution in [2.75, 3.05) is 6.61 Å². The number of esters is 1. The van der Waals surface area contributed by atoms with Gasteiger partial charge in [-0.1, -0.05) is 19.6 Å². The monoisotopic (exact) mass is 254 g/mol. The summed E-state index contributed by atoms with van der Waals surface area (Å²) in [5, 5.41) is 0. The number of rotatable bonds is 6. The fraction of sp³-hybridized carbons (Fsp3) is 0.692. The van der Waals surface area contributed by atoms with Gasteiger partial charge in [0.1, 0.15) is 0 Å². The highest BCUT2D eigenvalue weighted by molar-refractivity contribution is 6.76. The van der Waals surface area contributed by atoms with E-state index >= 15 is 0 Å². The minimum Gasteiger partial charge on any atom is -0.460 e. The normalized spacial score (nSPS) is 10.4. The van der Waals surface area contributed by atoms with Crippen LogP contribution in [0.15, 0.2) is 0 Å². The summed E-state index contributed by atoms with van der Waals surface area (Å²) >= 11 is 0. The molecule has 0 unspecified atom stereocenters. The number of unbranched alkanes of at least 4 members (excludes halogenated alkanes) is 1. The number of hydrogen-bond acceptors (Lipinski definition) is 3. The third-order valence-corrected chi connectivity index (χ3v) is 3.19. The highest BCUT2D eigenvalue weighted by Crippen LogP contribution is 2.06. The van der Waals surface area contributed by atoms with Crippen molar-refractivity contribution >= 4 is 19.8 Å². The maximum Gasteiger partial charge on any atom is 0.374 e. The van der Waals surface area contributed by atoms with Crippen LogP contribution in [0.1, 0.15) is 26.2 Å². The smallest absolute Gasteiger partial charge is 0.374 e. The van der Waals surface area contributed by atoms with Crippen molar-refractivity contribution in [1.29, 1.82) is 0 Å². The predicted octanol–water partition coefficient (Wildman–Crippen LogP) is 2.63. The van der Waals surface area contributed by atoms with Gasteiger partial charge in [-0.25, -0.2) is 4.79 Å². The van der Waals surface area contributed by atoms with Gasteiger partial charge in [0.2, 0.25) is 5.78 Å². The Morgan fingerprint density at radius 2 is 1.82 bits per heavy atom. The lowest BCUT2D eigenvalue weighted by Crippen LogP contribution is -2.17. The molecule has 0 aliphatic rings. The predicted molar refractivity (Wildman–Crippen MR) is 71.4 cm³/mol.